The van der Waals surface area contributed by atoms with Crippen LogP contribution in [0.4, 0.5) is 0 Å². The summed E-state index contributed by atoms with van der Waals surface area (Å²) in [5.74, 6) is -0.349. The van der Waals surface area contributed by atoms with Crippen molar-refractivity contribution in [2.75, 3.05) is 0 Å². The topological polar surface area (TPSA) is 61.1 Å². The molecule has 1 aromatic carbocycles. The standard InChI is InChI=1S/C10H9NO2/c11-6-9(7-12)10(13)8-4-2-1-3-5-8/h1-7,11-12H. The van der Waals surface area contributed by atoms with Crippen LogP contribution in [0, 0.1) is 5.41 Å². The minimum absolute atomic E-state index is 0.0220. The second-order valence-electron chi connectivity index (χ2n) is 2.42. The zero-order valence-corrected chi connectivity index (χ0v) is 6.90. The molecule has 0 saturated heterocycles. The average molecular weight is 175 g/mol. The molecular formula is C10H9NO2. The Kier molecular flexibility index (Phi) is 2.97. The van der Waals surface area contributed by atoms with Crippen LogP contribution in [0.3, 0.4) is 0 Å². The summed E-state index contributed by atoms with van der Waals surface area (Å²) < 4.78 is 0. The minimum atomic E-state index is -0.349. The van der Waals surface area contributed by atoms with E-state index in [0.29, 0.717) is 11.8 Å². The van der Waals surface area contributed by atoms with Gasteiger partial charge >= 0.3 is 0 Å². The van der Waals surface area contributed by atoms with Crippen LogP contribution in [0.15, 0.2) is 42.2 Å². The van der Waals surface area contributed by atoms with Crippen LogP contribution in [0.2, 0.25) is 0 Å². The van der Waals surface area contributed by atoms with Crippen molar-refractivity contribution in [1.29, 1.82) is 5.41 Å². The number of ketones is 1. The van der Waals surface area contributed by atoms with Crippen molar-refractivity contribution in [1.82, 2.24) is 0 Å². The van der Waals surface area contributed by atoms with Crippen molar-refractivity contribution >= 4 is 12.0 Å². The molecule has 1 aromatic rings. The van der Waals surface area contributed by atoms with Gasteiger partial charge < -0.3 is 10.5 Å². The van der Waals surface area contributed by atoms with E-state index in [1.807, 2.05) is 0 Å². The molecule has 0 heterocycles. The molecule has 0 aliphatic heterocycles. The fraction of sp³-hybridized carbons (Fsp3) is 0. The van der Waals surface area contributed by atoms with Gasteiger partial charge in [0.2, 0.25) is 0 Å². The number of allylic oxidation sites excluding steroid dienone is 1. The molecule has 0 unspecified atom stereocenters. The third kappa shape index (κ3) is 2.02. The Hall–Kier alpha value is -1.90. The first-order valence-electron chi connectivity index (χ1n) is 3.74. The Labute approximate surface area is 75.8 Å². The number of aliphatic hydroxyl groups excluding tert-OH is 1. The van der Waals surface area contributed by atoms with E-state index in [4.69, 9.17) is 10.5 Å². The quantitative estimate of drug-likeness (QED) is 0.319. The molecular weight excluding hydrogens is 166 g/mol. The number of rotatable bonds is 3. The summed E-state index contributed by atoms with van der Waals surface area (Å²) in [6, 6.07) is 8.52. The van der Waals surface area contributed by atoms with E-state index in [1.165, 1.54) is 0 Å². The number of hydrogen-bond acceptors (Lipinski definition) is 3. The molecule has 0 amide bonds. The fourth-order valence-electron chi connectivity index (χ4n) is 0.918. The highest BCUT2D eigenvalue weighted by molar-refractivity contribution is 6.20. The molecule has 0 aliphatic carbocycles. The molecule has 66 valence electrons. The van der Waals surface area contributed by atoms with Gasteiger partial charge in [0.1, 0.15) is 0 Å². The van der Waals surface area contributed by atoms with Crippen LogP contribution in [0.25, 0.3) is 0 Å². The summed E-state index contributed by atoms with van der Waals surface area (Å²) in [6.07, 6.45) is 1.47. The summed E-state index contributed by atoms with van der Waals surface area (Å²) in [5, 5.41) is 15.5. The summed E-state index contributed by atoms with van der Waals surface area (Å²) in [6.45, 7) is 0. The fourth-order valence-corrected chi connectivity index (χ4v) is 0.918. The molecule has 0 atom stereocenters. The van der Waals surface area contributed by atoms with E-state index < -0.39 is 0 Å². The van der Waals surface area contributed by atoms with Gasteiger partial charge in [0.15, 0.2) is 5.78 Å². The van der Waals surface area contributed by atoms with Crippen molar-refractivity contribution in [3.63, 3.8) is 0 Å². The molecule has 3 heteroatoms. The molecule has 2 N–H and O–H groups in total. The first kappa shape index (κ1) is 9.19. The summed E-state index contributed by atoms with van der Waals surface area (Å²) in [5.41, 5.74) is 0.442. The first-order chi connectivity index (χ1) is 6.29. The van der Waals surface area contributed by atoms with Crippen molar-refractivity contribution in [3.05, 3.63) is 47.7 Å². The Morgan fingerprint density at radius 1 is 1.31 bits per heavy atom. The lowest BCUT2D eigenvalue weighted by Gasteiger charge is -1.97. The Morgan fingerprint density at radius 3 is 2.38 bits per heavy atom. The average Bonchev–Trinajstić information content (AvgIpc) is 2.21. The number of Topliss-reactive ketones (excluding diaryl/α,β-unsaturated/α-hetero) is 1. The van der Waals surface area contributed by atoms with Gasteiger partial charge in [0.25, 0.3) is 0 Å². The number of benzene rings is 1. The van der Waals surface area contributed by atoms with E-state index in [0.717, 1.165) is 6.21 Å². The normalized spacial score (nSPS) is 10.9. The number of carbonyl (C=O) groups is 1. The maximum absolute atomic E-state index is 11.4. The van der Waals surface area contributed by atoms with Gasteiger partial charge in [0, 0.05) is 11.8 Å². The van der Waals surface area contributed by atoms with Crippen LogP contribution < -0.4 is 0 Å². The lowest BCUT2D eigenvalue weighted by molar-refractivity contribution is 0.103. The number of hydrogen-bond donors (Lipinski definition) is 2. The highest BCUT2D eigenvalue weighted by atomic mass is 16.2. The second kappa shape index (κ2) is 4.21. The second-order valence-corrected chi connectivity index (χ2v) is 2.42. The molecule has 0 spiro atoms. The third-order valence-electron chi connectivity index (χ3n) is 1.59. The van der Waals surface area contributed by atoms with Gasteiger partial charge in [0.05, 0.1) is 11.8 Å². The van der Waals surface area contributed by atoms with Crippen LogP contribution in [-0.2, 0) is 0 Å². The third-order valence-corrected chi connectivity index (χ3v) is 1.59. The zero-order chi connectivity index (χ0) is 9.68. The summed E-state index contributed by atoms with van der Waals surface area (Å²) in [4.78, 5) is 11.4. The molecule has 0 fully saturated rings. The lowest BCUT2D eigenvalue weighted by Crippen LogP contribution is -2.03. The molecule has 0 saturated carbocycles. The Bertz CT molecular complexity index is 341. The van der Waals surface area contributed by atoms with Crippen molar-refractivity contribution < 1.29 is 9.90 Å². The van der Waals surface area contributed by atoms with Gasteiger partial charge in [-0.1, -0.05) is 30.3 Å². The smallest absolute Gasteiger partial charge is 0.197 e. The Morgan fingerprint density at radius 2 is 1.92 bits per heavy atom. The van der Waals surface area contributed by atoms with Crippen LogP contribution >= 0.6 is 0 Å². The largest absolute Gasteiger partial charge is 0.515 e. The molecule has 13 heavy (non-hydrogen) atoms. The summed E-state index contributed by atoms with van der Waals surface area (Å²) in [7, 11) is 0. The van der Waals surface area contributed by atoms with Crippen LogP contribution in [0.1, 0.15) is 10.4 Å². The highest BCUT2D eigenvalue weighted by Crippen LogP contribution is 2.05. The lowest BCUT2D eigenvalue weighted by atomic mass is 10.1. The Balaban J connectivity index is 2.98. The van der Waals surface area contributed by atoms with E-state index in [1.54, 1.807) is 30.3 Å². The predicted molar refractivity (Wildman–Crippen MR) is 50.3 cm³/mol. The van der Waals surface area contributed by atoms with Crippen LogP contribution in [0.5, 0.6) is 0 Å². The van der Waals surface area contributed by atoms with Crippen molar-refractivity contribution in [3.8, 4) is 0 Å². The maximum Gasteiger partial charge on any atom is 0.197 e. The maximum atomic E-state index is 11.4. The molecule has 0 bridgehead atoms. The van der Waals surface area contributed by atoms with E-state index in [2.05, 4.69) is 0 Å². The number of nitrogens with one attached hydrogen (secondary N) is 1. The number of aliphatic hydroxyl groups is 1. The number of carbonyl (C=O) groups excluding carboxylic acids is 1. The SMILES string of the molecule is N=CC(=CO)C(=O)c1ccccc1. The molecule has 0 aliphatic rings. The van der Waals surface area contributed by atoms with Gasteiger partial charge in [-0.05, 0) is 0 Å². The molecule has 0 radical (unpaired) electrons. The van der Waals surface area contributed by atoms with Gasteiger partial charge in [-0.2, -0.15) is 0 Å². The van der Waals surface area contributed by atoms with Crippen LogP contribution in [-0.4, -0.2) is 17.1 Å². The van der Waals surface area contributed by atoms with Gasteiger partial charge in [-0.15, -0.1) is 0 Å². The molecule has 3 nitrogen and oxygen atoms in total. The zero-order valence-electron chi connectivity index (χ0n) is 6.90. The predicted octanol–water partition coefficient (Wildman–Crippen LogP) is 1.96. The van der Waals surface area contributed by atoms with E-state index >= 15 is 0 Å². The van der Waals surface area contributed by atoms with E-state index in [9.17, 15) is 4.79 Å². The van der Waals surface area contributed by atoms with Gasteiger partial charge in [-0.25, -0.2) is 0 Å². The summed E-state index contributed by atoms with van der Waals surface area (Å²) >= 11 is 0. The highest BCUT2D eigenvalue weighted by Gasteiger charge is 2.08. The van der Waals surface area contributed by atoms with Gasteiger partial charge in [-0.3, -0.25) is 4.79 Å². The van der Waals surface area contributed by atoms with Crippen molar-refractivity contribution in [2.24, 2.45) is 0 Å². The first-order valence-corrected chi connectivity index (χ1v) is 3.74. The van der Waals surface area contributed by atoms with E-state index in [-0.39, 0.29) is 11.4 Å². The monoisotopic (exact) mass is 175 g/mol. The minimum Gasteiger partial charge on any atom is -0.515 e. The van der Waals surface area contributed by atoms with Crippen molar-refractivity contribution in [2.45, 2.75) is 0 Å². The molecule has 0 aromatic heterocycles. The molecule has 1 rings (SSSR count).